The Balaban J connectivity index is 1.10. The van der Waals surface area contributed by atoms with Gasteiger partial charge in [-0.2, -0.15) is 9.97 Å². The highest BCUT2D eigenvalue weighted by atomic mass is 16.4. The van der Waals surface area contributed by atoms with Gasteiger partial charge in [0.15, 0.2) is 11.6 Å². The average Bonchev–Trinajstić information content (AvgIpc) is 3.98. The lowest BCUT2D eigenvalue weighted by Gasteiger charge is -2.11. The molecule has 0 bridgehead atoms. The van der Waals surface area contributed by atoms with E-state index in [0.717, 1.165) is 71.6 Å². The SMILES string of the molecule is c1ccc(-c2nc(-c3ccccc3)nc(-n3c4ccccc4c4cccc(-c5nnc(-c6ccc7c(c6)c6ccccc6n7-c6ccccc6)o5)c43)n2)cc1. The maximum absolute atomic E-state index is 6.59. The molecule has 0 saturated heterocycles. The molecule has 0 atom stereocenters. The van der Waals surface area contributed by atoms with E-state index in [9.17, 15) is 0 Å². The Bertz CT molecular complexity index is 3140. The molecule has 11 aromatic rings. The molecular formula is C47H29N7O. The summed E-state index contributed by atoms with van der Waals surface area (Å²) in [4.78, 5) is 15.2. The van der Waals surface area contributed by atoms with Gasteiger partial charge in [-0.3, -0.25) is 4.57 Å². The zero-order chi connectivity index (χ0) is 36.3. The summed E-state index contributed by atoms with van der Waals surface area (Å²) in [7, 11) is 0. The van der Waals surface area contributed by atoms with Crippen LogP contribution in [0.25, 0.3) is 101 Å². The fourth-order valence-electron chi connectivity index (χ4n) is 7.71. The zero-order valence-corrected chi connectivity index (χ0v) is 29.3. The monoisotopic (exact) mass is 707 g/mol. The van der Waals surface area contributed by atoms with Crippen molar-refractivity contribution in [1.82, 2.24) is 34.3 Å². The third-order valence-electron chi connectivity index (χ3n) is 10.2. The quantitative estimate of drug-likeness (QED) is 0.171. The summed E-state index contributed by atoms with van der Waals surface area (Å²) < 4.78 is 11.0. The van der Waals surface area contributed by atoms with Crippen molar-refractivity contribution in [3.63, 3.8) is 0 Å². The Morgan fingerprint density at radius 1 is 0.382 bits per heavy atom. The third-order valence-corrected chi connectivity index (χ3v) is 10.2. The number of nitrogens with zero attached hydrogens (tertiary/aromatic N) is 7. The molecule has 7 aromatic carbocycles. The predicted molar refractivity (Wildman–Crippen MR) is 218 cm³/mol. The van der Waals surface area contributed by atoms with Crippen LogP contribution in [0, 0.1) is 0 Å². The first-order valence-electron chi connectivity index (χ1n) is 18.1. The molecule has 0 saturated carbocycles. The fraction of sp³-hybridized carbons (Fsp3) is 0. The minimum atomic E-state index is 0.400. The van der Waals surface area contributed by atoms with Gasteiger partial charge in [0, 0.05) is 43.9 Å². The van der Waals surface area contributed by atoms with Gasteiger partial charge in [-0.25, -0.2) is 4.98 Å². The van der Waals surface area contributed by atoms with Gasteiger partial charge >= 0.3 is 0 Å². The van der Waals surface area contributed by atoms with Crippen LogP contribution >= 0.6 is 0 Å². The summed E-state index contributed by atoms with van der Waals surface area (Å²) in [6.07, 6.45) is 0. The standard InChI is InChI=1S/C47H29N7O/c1-4-15-30(16-5-1)43-48-44(31-17-6-2-7-18-31)50-47(49-43)54-40-26-13-10-21-34(40)36-23-14-24-37(42(36)54)46-52-51-45(55-46)32-27-28-41-38(29-32)35-22-11-12-25-39(35)53(41)33-19-8-3-9-20-33/h1-29H. The van der Waals surface area contributed by atoms with Crippen molar-refractivity contribution in [3.05, 3.63) is 176 Å². The van der Waals surface area contributed by atoms with Crippen molar-refractivity contribution in [1.29, 1.82) is 0 Å². The van der Waals surface area contributed by atoms with Crippen LogP contribution in [-0.2, 0) is 0 Å². The fourth-order valence-corrected chi connectivity index (χ4v) is 7.71. The summed E-state index contributed by atoms with van der Waals surface area (Å²) in [5.41, 5.74) is 8.57. The van der Waals surface area contributed by atoms with Crippen molar-refractivity contribution < 1.29 is 4.42 Å². The van der Waals surface area contributed by atoms with E-state index in [1.165, 1.54) is 0 Å². The van der Waals surface area contributed by atoms with E-state index in [1.54, 1.807) is 0 Å². The van der Waals surface area contributed by atoms with Crippen molar-refractivity contribution in [2.45, 2.75) is 0 Å². The molecule has 0 amide bonds. The molecule has 4 aromatic heterocycles. The minimum absolute atomic E-state index is 0.400. The molecule has 11 rings (SSSR count). The maximum Gasteiger partial charge on any atom is 0.250 e. The molecule has 55 heavy (non-hydrogen) atoms. The highest BCUT2D eigenvalue weighted by molar-refractivity contribution is 6.13. The Kier molecular flexibility index (Phi) is 6.99. The molecule has 0 fully saturated rings. The number of rotatable bonds is 6. The molecule has 0 unspecified atom stereocenters. The van der Waals surface area contributed by atoms with Crippen LogP contribution < -0.4 is 0 Å². The first-order valence-corrected chi connectivity index (χ1v) is 18.1. The Morgan fingerprint density at radius 2 is 0.927 bits per heavy atom. The van der Waals surface area contributed by atoms with E-state index in [0.29, 0.717) is 29.4 Å². The van der Waals surface area contributed by atoms with Crippen LogP contribution in [0.5, 0.6) is 0 Å². The Labute approximate surface area is 314 Å². The van der Waals surface area contributed by atoms with E-state index in [2.05, 4.69) is 104 Å². The van der Waals surface area contributed by atoms with Gasteiger partial charge < -0.3 is 8.98 Å². The molecule has 0 spiro atoms. The van der Waals surface area contributed by atoms with Gasteiger partial charge in [-0.05, 0) is 48.5 Å². The maximum atomic E-state index is 6.59. The largest absolute Gasteiger partial charge is 0.416 e. The lowest BCUT2D eigenvalue weighted by molar-refractivity contribution is 0.585. The molecule has 0 aliphatic heterocycles. The van der Waals surface area contributed by atoms with E-state index in [1.807, 2.05) is 91.0 Å². The summed E-state index contributed by atoms with van der Waals surface area (Å²) >= 11 is 0. The molecule has 0 radical (unpaired) electrons. The zero-order valence-electron chi connectivity index (χ0n) is 29.3. The predicted octanol–water partition coefficient (Wildman–Crippen LogP) is 11.1. The lowest BCUT2D eigenvalue weighted by Crippen LogP contribution is -2.07. The second-order valence-electron chi connectivity index (χ2n) is 13.4. The normalized spacial score (nSPS) is 11.6. The second-order valence-corrected chi connectivity index (χ2v) is 13.4. The topological polar surface area (TPSA) is 87.5 Å². The molecule has 8 nitrogen and oxygen atoms in total. The average molecular weight is 708 g/mol. The molecule has 0 aliphatic rings. The summed E-state index contributed by atoms with van der Waals surface area (Å²) in [5.74, 6) is 2.49. The van der Waals surface area contributed by atoms with Crippen LogP contribution in [0.4, 0.5) is 0 Å². The van der Waals surface area contributed by atoms with Crippen LogP contribution in [0.15, 0.2) is 180 Å². The van der Waals surface area contributed by atoms with Crippen LogP contribution in [0.3, 0.4) is 0 Å². The van der Waals surface area contributed by atoms with Gasteiger partial charge in [-0.15, -0.1) is 10.2 Å². The molecular weight excluding hydrogens is 679 g/mol. The number of hydrogen-bond donors (Lipinski definition) is 0. The molecule has 258 valence electrons. The van der Waals surface area contributed by atoms with Gasteiger partial charge in [0.05, 0.1) is 27.6 Å². The van der Waals surface area contributed by atoms with Gasteiger partial charge in [0.25, 0.3) is 0 Å². The number of hydrogen-bond acceptors (Lipinski definition) is 6. The lowest BCUT2D eigenvalue weighted by atomic mass is 10.1. The van der Waals surface area contributed by atoms with Crippen LogP contribution in [0.2, 0.25) is 0 Å². The van der Waals surface area contributed by atoms with Gasteiger partial charge in [0.2, 0.25) is 17.7 Å². The van der Waals surface area contributed by atoms with Crippen molar-refractivity contribution >= 4 is 43.6 Å². The van der Waals surface area contributed by atoms with Gasteiger partial charge in [-0.1, -0.05) is 127 Å². The molecule has 0 N–H and O–H groups in total. The summed E-state index contributed by atoms with van der Waals surface area (Å²) in [6.45, 7) is 0. The smallest absolute Gasteiger partial charge is 0.250 e. The molecule has 8 heteroatoms. The second kappa shape index (κ2) is 12.5. The van der Waals surface area contributed by atoms with Crippen molar-refractivity contribution in [2.24, 2.45) is 0 Å². The van der Waals surface area contributed by atoms with E-state index >= 15 is 0 Å². The van der Waals surface area contributed by atoms with E-state index in [4.69, 9.17) is 19.4 Å². The van der Waals surface area contributed by atoms with Crippen LogP contribution in [-0.4, -0.2) is 34.3 Å². The first-order chi connectivity index (χ1) is 27.3. The third kappa shape index (κ3) is 5.04. The Morgan fingerprint density at radius 3 is 1.62 bits per heavy atom. The van der Waals surface area contributed by atoms with Crippen LogP contribution in [0.1, 0.15) is 0 Å². The number of fused-ring (bicyclic) bond motifs is 6. The number of benzene rings is 7. The molecule has 4 heterocycles. The number of para-hydroxylation sites is 4. The van der Waals surface area contributed by atoms with Gasteiger partial charge in [0.1, 0.15) is 0 Å². The van der Waals surface area contributed by atoms with Crippen molar-refractivity contribution in [3.8, 4) is 57.3 Å². The number of aromatic nitrogens is 7. The van der Waals surface area contributed by atoms with Crippen molar-refractivity contribution in [2.75, 3.05) is 0 Å². The highest BCUT2D eigenvalue weighted by Gasteiger charge is 2.23. The summed E-state index contributed by atoms with van der Waals surface area (Å²) in [5, 5.41) is 13.6. The molecule has 0 aliphatic carbocycles. The minimum Gasteiger partial charge on any atom is -0.416 e. The first kappa shape index (κ1) is 30.9. The van der Waals surface area contributed by atoms with E-state index < -0.39 is 0 Å². The van der Waals surface area contributed by atoms with E-state index in [-0.39, 0.29) is 0 Å². The Hall–Kier alpha value is -7.71. The summed E-state index contributed by atoms with van der Waals surface area (Å²) in [6, 6.07) is 59.7. The highest BCUT2D eigenvalue weighted by Crippen LogP contribution is 2.39.